The van der Waals surface area contributed by atoms with Crippen LogP contribution in [0.4, 0.5) is 0 Å². The highest BCUT2D eigenvalue weighted by atomic mass is 16.3. The van der Waals surface area contributed by atoms with Crippen LogP contribution in [0.2, 0.25) is 0 Å². The van der Waals surface area contributed by atoms with Crippen molar-refractivity contribution in [3.8, 4) is 11.3 Å². The fraction of sp³-hybridized carbons (Fsp3) is 0.304. The molecule has 1 saturated heterocycles. The summed E-state index contributed by atoms with van der Waals surface area (Å²) in [5, 5.41) is 4.44. The highest BCUT2D eigenvalue weighted by Gasteiger charge is 2.26. The molecule has 1 fully saturated rings. The lowest BCUT2D eigenvalue weighted by atomic mass is 10.0. The van der Waals surface area contributed by atoms with Crippen LogP contribution in [0, 0.1) is 13.8 Å². The molecule has 0 aliphatic carbocycles. The number of furan rings is 1. The van der Waals surface area contributed by atoms with Gasteiger partial charge in [-0.25, -0.2) is 4.68 Å². The molecular weight excluding hydrogens is 396 g/mol. The fourth-order valence-corrected chi connectivity index (χ4v) is 3.66. The number of aryl methyl sites for hydroxylation is 2. The van der Waals surface area contributed by atoms with Crippen LogP contribution in [0.5, 0.6) is 0 Å². The van der Waals surface area contributed by atoms with Crippen molar-refractivity contribution in [2.75, 3.05) is 26.2 Å². The van der Waals surface area contributed by atoms with Crippen molar-refractivity contribution in [1.82, 2.24) is 19.6 Å². The van der Waals surface area contributed by atoms with Gasteiger partial charge in [0.2, 0.25) is 5.91 Å². The standard InChI is InChI=1S/C23H24N4O4/c1-16-5-6-17(2)18(14-16)19-7-8-21(28)27(24-19)15-22(29)25-9-11-26(12-10-25)23(30)20-4-3-13-31-20/h3-8,13-14H,9-12,15H2,1-2H3. The first-order valence-electron chi connectivity index (χ1n) is 10.2. The summed E-state index contributed by atoms with van der Waals surface area (Å²) < 4.78 is 6.37. The highest BCUT2D eigenvalue weighted by molar-refractivity contribution is 5.91. The molecule has 31 heavy (non-hydrogen) atoms. The maximum absolute atomic E-state index is 12.8. The molecule has 3 heterocycles. The number of hydrogen-bond donors (Lipinski definition) is 0. The molecule has 1 aromatic carbocycles. The highest BCUT2D eigenvalue weighted by Crippen LogP contribution is 2.21. The molecule has 0 bridgehead atoms. The van der Waals surface area contributed by atoms with E-state index in [4.69, 9.17) is 4.42 Å². The minimum absolute atomic E-state index is 0.135. The molecule has 160 valence electrons. The van der Waals surface area contributed by atoms with E-state index in [0.29, 0.717) is 37.6 Å². The van der Waals surface area contributed by atoms with Gasteiger partial charge in [-0.3, -0.25) is 14.4 Å². The van der Waals surface area contributed by atoms with Crippen molar-refractivity contribution in [3.63, 3.8) is 0 Å². The van der Waals surface area contributed by atoms with Crippen LogP contribution in [0.25, 0.3) is 11.3 Å². The zero-order valence-electron chi connectivity index (χ0n) is 17.6. The maximum Gasteiger partial charge on any atom is 0.289 e. The van der Waals surface area contributed by atoms with Crippen LogP contribution in [0.15, 0.2) is 57.9 Å². The van der Waals surface area contributed by atoms with Crippen LogP contribution >= 0.6 is 0 Å². The van der Waals surface area contributed by atoms with Crippen LogP contribution in [-0.2, 0) is 11.3 Å². The van der Waals surface area contributed by atoms with Gasteiger partial charge in [-0.05, 0) is 43.7 Å². The number of benzene rings is 1. The fourth-order valence-electron chi connectivity index (χ4n) is 3.66. The van der Waals surface area contributed by atoms with Gasteiger partial charge in [0, 0.05) is 37.8 Å². The number of piperazine rings is 1. The van der Waals surface area contributed by atoms with Gasteiger partial charge >= 0.3 is 0 Å². The van der Waals surface area contributed by atoms with Crippen LogP contribution < -0.4 is 5.56 Å². The zero-order chi connectivity index (χ0) is 22.0. The van der Waals surface area contributed by atoms with Gasteiger partial charge in [-0.15, -0.1) is 0 Å². The molecule has 2 aromatic heterocycles. The molecule has 8 nitrogen and oxygen atoms in total. The number of nitrogens with zero attached hydrogens (tertiary/aromatic N) is 4. The van der Waals surface area contributed by atoms with Crippen molar-refractivity contribution in [2.45, 2.75) is 20.4 Å². The average molecular weight is 420 g/mol. The quantitative estimate of drug-likeness (QED) is 0.645. The van der Waals surface area contributed by atoms with E-state index in [-0.39, 0.29) is 23.9 Å². The Morgan fingerprint density at radius 1 is 1.00 bits per heavy atom. The van der Waals surface area contributed by atoms with Crippen LogP contribution in [0.3, 0.4) is 0 Å². The van der Waals surface area contributed by atoms with E-state index in [1.165, 1.54) is 17.0 Å². The second-order valence-electron chi connectivity index (χ2n) is 7.68. The van der Waals surface area contributed by atoms with Crippen LogP contribution in [0.1, 0.15) is 21.7 Å². The molecule has 0 N–H and O–H groups in total. The molecule has 8 heteroatoms. The molecule has 4 rings (SSSR count). The van der Waals surface area contributed by atoms with E-state index < -0.39 is 0 Å². The Balaban J connectivity index is 1.44. The first kappa shape index (κ1) is 20.6. The molecular formula is C23H24N4O4. The van der Waals surface area contributed by atoms with Gasteiger partial charge < -0.3 is 14.2 Å². The number of amides is 2. The van der Waals surface area contributed by atoms with Gasteiger partial charge in [-0.1, -0.05) is 17.7 Å². The molecule has 0 unspecified atom stereocenters. The van der Waals surface area contributed by atoms with E-state index in [2.05, 4.69) is 5.10 Å². The number of rotatable bonds is 4. The third-order valence-electron chi connectivity index (χ3n) is 5.47. The lowest BCUT2D eigenvalue weighted by Gasteiger charge is -2.34. The minimum atomic E-state index is -0.325. The normalized spacial score (nSPS) is 14.0. The number of carbonyl (C=O) groups excluding carboxylic acids is 2. The largest absolute Gasteiger partial charge is 0.459 e. The van der Waals surface area contributed by atoms with E-state index in [0.717, 1.165) is 16.7 Å². The van der Waals surface area contributed by atoms with Gasteiger partial charge in [0.1, 0.15) is 6.54 Å². The Labute approximate surface area is 179 Å². The van der Waals surface area contributed by atoms with E-state index in [1.54, 1.807) is 28.0 Å². The van der Waals surface area contributed by atoms with Crippen molar-refractivity contribution < 1.29 is 14.0 Å². The average Bonchev–Trinajstić information content (AvgIpc) is 3.31. The molecule has 0 saturated carbocycles. The third kappa shape index (κ3) is 4.42. The Bertz CT molecular complexity index is 1160. The van der Waals surface area contributed by atoms with Gasteiger partial charge in [0.05, 0.1) is 12.0 Å². The van der Waals surface area contributed by atoms with Crippen molar-refractivity contribution in [2.24, 2.45) is 0 Å². The van der Waals surface area contributed by atoms with Crippen LogP contribution in [-0.4, -0.2) is 57.6 Å². The summed E-state index contributed by atoms with van der Waals surface area (Å²) in [5.41, 5.74) is 3.41. The summed E-state index contributed by atoms with van der Waals surface area (Å²) in [5.74, 6) is -0.0900. The van der Waals surface area contributed by atoms with Crippen molar-refractivity contribution >= 4 is 11.8 Å². The molecule has 3 aromatic rings. The van der Waals surface area contributed by atoms with E-state index in [9.17, 15) is 14.4 Å². The molecule has 0 spiro atoms. The Morgan fingerprint density at radius 3 is 2.45 bits per heavy atom. The summed E-state index contributed by atoms with van der Waals surface area (Å²) in [6.07, 6.45) is 1.46. The second-order valence-corrected chi connectivity index (χ2v) is 7.68. The topological polar surface area (TPSA) is 88.7 Å². The zero-order valence-corrected chi connectivity index (χ0v) is 17.6. The van der Waals surface area contributed by atoms with Gasteiger partial charge in [-0.2, -0.15) is 5.10 Å². The van der Waals surface area contributed by atoms with Gasteiger partial charge in [0.15, 0.2) is 5.76 Å². The number of aromatic nitrogens is 2. The first-order chi connectivity index (χ1) is 14.9. The lowest BCUT2D eigenvalue weighted by Crippen LogP contribution is -2.51. The van der Waals surface area contributed by atoms with Crippen molar-refractivity contribution in [1.29, 1.82) is 0 Å². The first-order valence-corrected chi connectivity index (χ1v) is 10.2. The monoisotopic (exact) mass is 420 g/mol. The predicted molar refractivity (Wildman–Crippen MR) is 115 cm³/mol. The molecule has 1 aliphatic rings. The Kier molecular flexibility index (Phi) is 5.70. The Morgan fingerprint density at radius 2 is 1.74 bits per heavy atom. The predicted octanol–water partition coefficient (Wildman–Crippen LogP) is 2.10. The lowest BCUT2D eigenvalue weighted by molar-refractivity contribution is -0.133. The van der Waals surface area contributed by atoms with Crippen molar-refractivity contribution in [3.05, 3.63) is 76.0 Å². The molecule has 1 aliphatic heterocycles. The molecule has 0 radical (unpaired) electrons. The number of hydrogen-bond acceptors (Lipinski definition) is 5. The summed E-state index contributed by atoms with van der Waals surface area (Å²) in [6.45, 7) is 5.47. The SMILES string of the molecule is Cc1ccc(C)c(-c2ccc(=O)n(CC(=O)N3CCN(C(=O)c4ccco4)CC3)n2)c1. The summed E-state index contributed by atoms with van der Waals surface area (Å²) in [6, 6.07) is 12.5. The maximum atomic E-state index is 12.8. The second kappa shape index (κ2) is 8.59. The van der Waals surface area contributed by atoms with E-state index in [1.807, 2.05) is 32.0 Å². The van der Waals surface area contributed by atoms with E-state index >= 15 is 0 Å². The molecule has 2 amide bonds. The molecule has 0 atom stereocenters. The summed E-state index contributed by atoms with van der Waals surface area (Å²) in [7, 11) is 0. The number of carbonyl (C=O) groups is 2. The third-order valence-corrected chi connectivity index (χ3v) is 5.47. The van der Waals surface area contributed by atoms with Gasteiger partial charge in [0.25, 0.3) is 11.5 Å². The minimum Gasteiger partial charge on any atom is -0.459 e. The summed E-state index contributed by atoms with van der Waals surface area (Å²) in [4.78, 5) is 40.8. The Hall–Kier alpha value is -3.68. The summed E-state index contributed by atoms with van der Waals surface area (Å²) >= 11 is 0. The smallest absolute Gasteiger partial charge is 0.289 e.